The average molecular weight is 373 g/mol. The van der Waals surface area contributed by atoms with Gasteiger partial charge in [-0.3, -0.25) is 9.52 Å². The molecule has 0 unspecified atom stereocenters. The van der Waals surface area contributed by atoms with Crippen molar-refractivity contribution >= 4 is 26.7 Å². The first-order valence-corrected chi connectivity index (χ1v) is 9.80. The van der Waals surface area contributed by atoms with Crippen LogP contribution in [0.4, 0.5) is 5.69 Å². The van der Waals surface area contributed by atoms with Gasteiger partial charge in [0, 0.05) is 5.69 Å². The Balaban J connectivity index is 2.04. The van der Waals surface area contributed by atoms with Crippen molar-refractivity contribution in [3.63, 3.8) is 0 Å². The number of nitrogens with one attached hydrogen (secondary N) is 1. The molecule has 0 amide bonds. The summed E-state index contributed by atoms with van der Waals surface area (Å²) in [4.78, 5) is 12.8. The number of fused-ring (bicyclic) bond motifs is 1. The molecule has 0 saturated carbocycles. The molecular formula is C19H19NO5S. The monoisotopic (exact) mass is 373 g/mol. The third-order valence-corrected chi connectivity index (χ3v) is 4.59. The zero-order valence-corrected chi connectivity index (χ0v) is 15.4. The summed E-state index contributed by atoms with van der Waals surface area (Å²) < 4.78 is 30.5. The molecule has 1 aromatic heterocycles. The molecule has 0 fully saturated rings. The fourth-order valence-corrected chi connectivity index (χ4v) is 3.20. The Hall–Kier alpha value is -2.64. The largest absolute Gasteiger partial charge is 0.463 e. The maximum Gasteiger partial charge on any atom is 0.229 e. The van der Waals surface area contributed by atoms with Gasteiger partial charge >= 0.3 is 0 Å². The summed E-state index contributed by atoms with van der Waals surface area (Å²) in [6, 6.07) is 11.4. The van der Waals surface area contributed by atoms with Crippen LogP contribution in [0.25, 0.3) is 22.1 Å². The lowest BCUT2D eigenvalue weighted by atomic mass is 9.96. The van der Waals surface area contributed by atoms with Crippen LogP contribution in [0.5, 0.6) is 0 Å². The Morgan fingerprint density at radius 2 is 1.73 bits per heavy atom. The highest BCUT2D eigenvalue weighted by Crippen LogP contribution is 2.26. The summed E-state index contributed by atoms with van der Waals surface area (Å²) in [6.07, 6.45) is 2.44. The fraction of sp³-hybridized carbons (Fsp3) is 0.211. The van der Waals surface area contributed by atoms with Gasteiger partial charge in [0.15, 0.2) is 5.43 Å². The number of rotatable bonds is 4. The van der Waals surface area contributed by atoms with Gasteiger partial charge in [0.05, 0.1) is 22.8 Å². The molecule has 136 valence electrons. The first kappa shape index (κ1) is 18.2. The summed E-state index contributed by atoms with van der Waals surface area (Å²) in [5, 5.41) is 10.5. The molecule has 0 spiro atoms. The van der Waals surface area contributed by atoms with Gasteiger partial charge in [0.1, 0.15) is 11.8 Å². The Labute approximate surface area is 151 Å². The van der Waals surface area contributed by atoms with E-state index in [4.69, 9.17) is 4.42 Å². The SMILES string of the molecule is CC(C)(O)c1ccc2c(=O)c(-c3ccc(NS(C)(=O)=O)cc3)coc2c1. The maximum absolute atomic E-state index is 12.8. The summed E-state index contributed by atoms with van der Waals surface area (Å²) in [5.41, 5.74) is 1.22. The second-order valence-electron chi connectivity index (χ2n) is 6.70. The zero-order valence-electron chi connectivity index (χ0n) is 14.6. The van der Waals surface area contributed by atoms with Gasteiger partial charge in [-0.05, 0) is 49.2 Å². The van der Waals surface area contributed by atoms with Crippen molar-refractivity contribution in [2.24, 2.45) is 0 Å². The average Bonchev–Trinajstić information content (AvgIpc) is 2.54. The Kier molecular flexibility index (Phi) is 4.37. The van der Waals surface area contributed by atoms with E-state index >= 15 is 0 Å². The fourth-order valence-electron chi connectivity index (χ4n) is 2.64. The van der Waals surface area contributed by atoms with Crippen LogP contribution in [-0.2, 0) is 15.6 Å². The quantitative estimate of drug-likeness (QED) is 0.733. The third kappa shape index (κ3) is 3.79. The van der Waals surface area contributed by atoms with E-state index in [0.717, 1.165) is 6.26 Å². The normalized spacial score (nSPS) is 12.3. The van der Waals surface area contributed by atoms with Gasteiger partial charge in [0.2, 0.25) is 10.0 Å². The molecule has 1 heterocycles. The number of anilines is 1. The first-order valence-electron chi connectivity index (χ1n) is 7.91. The molecule has 6 nitrogen and oxygen atoms in total. The molecule has 2 aromatic carbocycles. The molecular weight excluding hydrogens is 354 g/mol. The van der Waals surface area contributed by atoms with Gasteiger partial charge in [-0.1, -0.05) is 18.2 Å². The standard InChI is InChI=1S/C19H19NO5S/c1-19(2,22)13-6-9-15-17(10-13)25-11-16(18(15)21)12-4-7-14(8-5-12)20-26(3,23)24/h4-11,20,22H,1-3H3. The predicted octanol–water partition coefficient (Wildman–Crippen LogP) is 3.06. The molecule has 3 rings (SSSR count). The molecule has 0 radical (unpaired) electrons. The lowest BCUT2D eigenvalue weighted by Gasteiger charge is -2.17. The molecule has 0 atom stereocenters. The first-order chi connectivity index (χ1) is 12.0. The second kappa shape index (κ2) is 6.26. The smallest absolute Gasteiger partial charge is 0.229 e. The van der Waals surface area contributed by atoms with Crippen molar-refractivity contribution in [2.75, 3.05) is 11.0 Å². The summed E-state index contributed by atoms with van der Waals surface area (Å²) in [5.74, 6) is 0. The van der Waals surface area contributed by atoms with Crippen LogP contribution < -0.4 is 10.2 Å². The Morgan fingerprint density at radius 1 is 1.08 bits per heavy atom. The van der Waals surface area contributed by atoms with Gasteiger partial charge in [-0.25, -0.2) is 8.42 Å². The van der Waals surface area contributed by atoms with E-state index in [9.17, 15) is 18.3 Å². The van der Waals surface area contributed by atoms with Gasteiger partial charge in [-0.15, -0.1) is 0 Å². The lowest BCUT2D eigenvalue weighted by Crippen LogP contribution is -2.15. The van der Waals surface area contributed by atoms with Gasteiger partial charge in [-0.2, -0.15) is 0 Å². The summed E-state index contributed by atoms with van der Waals surface area (Å²) in [7, 11) is -3.36. The molecule has 0 bridgehead atoms. The Bertz CT molecular complexity index is 1120. The molecule has 7 heteroatoms. The highest BCUT2D eigenvalue weighted by Gasteiger charge is 2.18. The summed E-state index contributed by atoms with van der Waals surface area (Å²) >= 11 is 0. The van der Waals surface area contributed by atoms with Crippen molar-refractivity contribution < 1.29 is 17.9 Å². The van der Waals surface area contributed by atoms with Crippen LogP contribution in [0.3, 0.4) is 0 Å². The minimum atomic E-state index is -3.36. The highest BCUT2D eigenvalue weighted by molar-refractivity contribution is 7.92. The van der Waals surface area contributed by atoms with Crippen LogP contribution in [0.15, 0.2) is 57.9 Å². The van der Waals surface area contributed by atoms with Crippen LogP contribution >= 0.6 is 0 Å². The highest BCUT2D eigenvalue weighted by atomic mass is 32.2. The molecule has 0 saturated heterocycles. The molecule has 26 heavy (non-hydrogen) atoms. The number of hydrogen-bond acceptors (Lipinski definition) is 5. The van der Waals surface area contributed by atoms with Crippen molar-refractivity contribution in [3.8, 4) is 11.1 Å². The number of benzene rings is 2. The number of hydrogen-bond donors (Lipinski definition) is 2. The maximum atomic E-state index is 12.8. The van der Waals surface area contributed by atoms with E-state index < -0.39 is 15.6 Å². The van der Waals surface area contributed by atoms with E-state index in [1.54, 1.807) is 56.3 Å². The van der Waals surface area contributed by atoms with Crippen LogP contribution in [0.2, 0.25) is 0 Å². The van der Waals surface area contributed by atoms with Crippen molar-refractivity contribution in [2.45, 2.75) is 19.4 Å². The minimum Gasteiger partial charge on any atom is -0.463 e. The van der Waals surface area contributed by atoms with E-state index in [-0.39, 0.29) is 5.43 Å². The lowest BCUT2D eigenvalue weighted by molar-refractivity contribution is 0.0786. The molecule has 3 aromatic rings. The van der Waals surface area contributed by atoms with E-state index in [1.807, 2.05) is 0 Å². The topological polar surface area (TPSA) is 96.6 Å². The van der Waals surface area contributed by atoms with E-state index in [1.165, 1.54) is 6.26 Å². The molecule has 0 aliphatic carbocycles. The van der Waals surface area contributed by atoms with E-state index in [2.05, 4.69) is 4.72 Å². The van der Waals surface area contributed by atoms with Crippen LogP contribution in [0.1, 0.15) is 19.4 Å². The van der Waals surface area contributed by atoms with E-state index in [0.29, 0.717) is 33.3 Å². The third-order valence-electron chi connectivity index (χ3n) is 3.98. The number of aliphatic hydroxyl groups is 1. The van der Waals surface area contributed by atoms with Crippen LogP contribution in [0, 0.1) is 0 Å². The zero-order chi connectivity index (χ0) is 19.1. The van der Waals surface area contributed by atoms with Gasteiger partial charge in [0.25, 0.3) is 0 Å². The predicted molar refractivity (Wildman–Crippen MR) is 102 cm³/mol. The molecule has 0 aliphatic rings. The summed E-state index contributed by atoms with van der Waals surface area (Å²) in [6.45, 7) is 3.32. The minimum absolute atomic E-state index is 0.197. The second-order valence-corrected chi connectivity index (χ2v) is 8.45. The Morgan fingerprint density at radius 3 is 2.31 bits per heavy atom. The van der Waals surface area contributed by atoms with Crippen molar-refractivity contribution in [1.29, 1.82) is 0 Å². The van der Waals surface area contributed by atoms with Crippen molar-refractivity contribution in [3.05, 3.63) is 64.5 Å². The van der Waals surface area contributed by atoms with Crippen molar-refractivity contribution in [1.82, 2.24) is 0 Å². The molecule has 0 aliphatic heterocycles. The van der Waals surface area contributed by atoms with Crippen LogP contribution in [-0.4, -0.2) is 19.8 Å². The molecule has 2 N–H and O–H groups in total. The number of sulfonamides is 1. The van der Waals surface area contributed by atoms with Gasteiger partial charge < -0.3 is 9.52 Å².